The van der Waals surface area contributed by atoms with E-state index in [0.717, 1.165) is 25.9 Å². The van der Waals surface area contributed by atoms with E-state index < -0.39 is 0 Å². The van der Waals surface area contributed by atoms with Crippen LogP contribution in [0.3, 0.4) is 0 Å². The minimum atomic E-state index is 0.905. The Balaban J connectivity index is 1.88. The highest BCUT2D eigenvalue weighted by molar-refractivity contribution is 9.11. The fraction of sp³-hybridized carbons (Fsp3) is 0.182. The number of nitrogens with zero attached hydrogens (tertiary/aromatic N) is 1. The van der Waals surface area contributed by atoms with Crippen LogP contribution in [0.25, 0.3) is 5.57 Å². The molecule has 0 aliphatic carbocycles. The molecule has 1 aliphatic rings. The summed E-state index contributed by atoms with van der Waals surface area (Å²) in [6.07, 6.45) is 6.34. The van der Waals surface area contributed by atoms with Gasteiger partial charge in [0.05, 0.1) is 6.54 Å². The molecule has 0 N–H and O–H groups in total. The highest BCUT2D eigenvalue weighted by atomic mass is 79.9. The van der Waals surface area contributed by atoms with Crippen LogP contribution in [-0.4, -0.2) is 11.4 Å². The Bertz CT molecular complexity index is 744. The summed E-state index contributed by atoms with van der Waals surface area (Å²) >= 11 is 3.81. The highest BCUT2D eigenvalue weighted by Crippen LogP contribution is 2.33. The molecule has 0 atom stereocenters. The molecule has 0 amide bonds. The lowest BCUT2D eigenvalue weighted by molar-refractivity contribution is 0.354. The molecule has 1 nitrogen and oxygen atoms in total. The molecule has 1 aliphatic heterocycles. The van der Waals surface area contributed by atoms with Gasteiger partial charge >= 0.3 is 0 Å². The summed E-state index contributed by atoms with van der Waals surface area (Å²) < 4.78 is 1.24. The van der Waals surface area contributed by atoms with Gasteiger partial charge in [0.15, 0.2) is 0 Å². The first kappa shape index (κ1) is 16.8. The molecule has 1 heterocycles. The van der Waals surface area contributed by atoms with Gasteiger partial charge < -0.3 is 4.90 Å². The third-order valence-electron chi connectivity index (χ3n) is 4.24. The molecular formula is C22H22BrN. The van der Waals surface area contributed by atoms with E-state index in [1.54, 1.807) is 0 Å². The molecule has 0 aromatic heterocycles. The fourth-order valence-corrected chi connectivity index (χ4v) is 3.64. The Morgan fingerprint density at radius 1 is 1.00 bits per heavy atom. The van der Waals surface area contributed by atoms with Crippen molar-refractivity contribution in [2.45, 2.75) is 19.4 Å². The van der Waals surface area contributed by atoms with E-state index in [1.807, 2.05) is 6.08 Å². The molecule has 0 fully saturated rings. The van der Waals surface area contributed by atoms with Crippen molar-refractivity contribution in [1.29, 1.82) is 0 Å². The molecule has 0 saturated carbocycles. The first-order valence-electron chi connectivity index (χ1n) is 8.32. The van der Waals surface area contributed by atoms with E-state index in [9.17, 15) is 0 Å². The smallest absolute Gasteiger partial charge is 0.0502 e. The first-order valence-corrected chi connectivity index (χ1v) is 9.11. The Morgan fingerprint density at radius 3 is 2.33 bits per heavy atom. The quantitative estimate of drug-likeness (QED) is 0.543. The van der Waals surface area contributed by atoms with Crippen LogP contribution < -0.4 is 0 Å². The minimum absolute atomic E-state index is 0.905. The third-order valence-corrected chi connectivity index (χ3v) is 4.92. The molecule has 24 heavy (non-hydrogen) atoms. The predicted octanol–water partition coefficient (Wildman–Crippen LogP) is 6.16. The second-order valence-corrected chi connectivity index (χ2v) is 6.95. The second kappa shape index (κ2) is 8.16. The molecule has 0 bridgehead atoms. The number of hydrogen-bond acceptors (Lipinski definition) is 1. The van der Waals surface area contributed by atoms with E-state index >= 15 is 0 Å². The molecule has 0 radical (unpaired) electrons. The van der Waals surface area contributed by atoms with Crippen molar-refractivity contribution in [3.63, 3.8) is 0 Å². The number of hydrogen-bond donors (Lipinski definition) is 0. The summed E-state index contributed by atoms with van der Waals surface area (Å²) in [4.78, 5) is 2.45. The lowest BCUT2D eigenvalue weighted by Gasteiger charge is -2.32. The van der Waals surface area contributed by atoms with Crippen LogP contribution in [0.4, 0.5) is 0 Å². The van der Waals surface area contributed by atoms with Crippen molar-refractivity contribution in [3.05, 3.63) is 101 Å². The Hall–Kier alpha value is -2.06. The van der Waals surface area contributed by atoms with Crippen molar-refractivity contribution >= 4 is 21.5 Å². The van der Waals surface area contributed by atoms with Crippen molar-refractivity contribution in [1.82, 2.24) is 4.90 Å². The van der Waals surface area contributed by atoms with Gasteiger partial charge in [-0.3, -0.25) is 0 Å². The summed E-state index contributed by atoms with van der Waals surface area (Å²) in [5, 5.41) is 0. The van der Waals surface area contributed by atoms with E-state index in [2.05, 4.69) is 94.1 Å². The maximum absolute atomic E-state index is 3.88. The Labute approximate surface area is 153 Å². The number of allylic oxidation sites excluding steroid dienone is 4. The lowest BCUT2D eigenvalue weighted by atomic mass is 9.99. The van der Waals surface area contributed by atoms with Crippen molar-refractivity contribution < 1.29 is 0 Å². The molecule has 3 rings (SSSR count). The fourth-order valence-electron chi connectivity index (χ4n) is 2.99. The van der Waals surface area contributed by atoms with Crippen LogP contribution in [0.1, 0.15) is 24.0 Å². The first-order chi connectivity index (χ1) is 11.8. The standard InChI is InChI=1S/C22H22BrN/c1-2-3-14-20-15-21(19-12-8-5-9-13-19)22(23)17-24(20)16-18-10-6-4-7-11-18/h2,4-13,15H,1,3,14,16-17H2. The van der Waals surface area contributed by atoms with Gasteiger partial charge in [-0.05, 0) is 35.6 Å². The Morgan fingerprint density at radius 2 is 1.67 bits per heavy atom. The SMILES string of the molecule is C=CCCC1=CC(c2ccccc2)=C(Br)CN1Cc1ccccc1. The normalized spacial score (nSPS) is 14.5. The van der Waals surface area contributed by atoms with Gasteiger partial charge in [0.1, 0.15) is 0 Å². The summed E-state index contributed by atoms with van der Waals surface area (Å²) in [6, 6.07) is 21.2. The average Bonchev–Trinajstić information content (AvgIpc) is 2.63. The molecule has 2 heteroatoms. The summed E-state index contributed by atoms with van der Waals surface area (Å²) in [5.74, 6) is 0. The van der Waals surface area contributed by atoms with Gasteiger partial charge in [-0.2, -0.15) is 0 Å². The minimum Gasteiger partial charge on any atom is -0.366 e. The van der Waals surface area contributed by atoms with Crippen LogP contribution >= 0.6 is 15.9 Å². The zero-order valence-electron chi connectivity index (χ0n) is 13.8. The van der Waals surface area contributed by atoms with Crippen LogP contribution in [0.5, 0.6) is 0 Å². The average molecular weight is 380 g/mol. The number of benzene rings is 2. The van der Waals surface area contributed by atoms with Crippen LogP contribution in [0, 0.1) is 0 Å². The van der Waals surface area contributed by atoms with Gasteiger partial charge in [0, 0.05) is 16.7 Å². The molecule has 0 spiro atoms. The maximum atomic E-state index is 3.88. The van der Waals surface area contributed by atoms with Crippen LogP contribution in [0.2, 0.25) is 0 Å². The van der Waals surface area contributed by atoms with Gasteiger partial charge in [-0.1, -0.05) is 82.7 Å². The molecule has 0 unspecified atom stereocenters. The van der Waals surface area contributed by atoms with Gasteiger partial charge in [-0.25, -0.2) is 0 Å². The molecular weight excluding hydrogens is 358 g/mol. The van der Waals surface area contributed by atoms with Gasteiger partial charge in [0.2, 0.25) is 0 Å². The number of rotatable bonds is 6. The predicted molar refractivity (Wildman–Crippen MR) is 107 cm³/mol. The second-order valence-electron chi connectivity index (χ2n) is 5.99. The third kappa shape index (κ3) is 4.07. The zero-order chi connectivity index (χ0) is 16.8. The van der Waals surface area contributed by atoms with E-state index in [-0.39, 0.29) is 0 Å². The topological polar surface area (TPSA) is 3.24 Å². The lowest BCUT2D eigenvalue weighted by Crippen LogP contribution is -2.27. The van der Waals surface area contributed by atoms with E-state index in [1.165, 1.54) is 26.9 Å². The van der Waals surface area contributed by atoms with Crippen LogP contribution in [0.15, 0.2) is 89.6 Å². The summed E-state index contributed by atoms with van der Waals surface area (Å²) in [6.45, 7) is 5.72. The monoisotopic (exact) mass is 379 g/mol. The number of halogens is 1. The van der Waals surface area contributed by atoms with Crippen molar-refractivity contribution in [2.24, 2.45) is 0 Å². The molecule has 122 valence electrons. The van der Waals surface area contributed by atoms with E-state index in [4.69, 9.17) is 0 Å². The highest BCUT2D eigenvalue weighted by Gasteiger charge is 2.19. The molecule has 2 aromatic rings. The van der Waals surface area contributed by atoms with Crippen LogP contribution in [-0.2, 0) is 6.54 Å². The largest absolute Gasteiger partial charge is 0.366 e. The van der Waals surface area contributed by atoms with Crippen molar-refractivity contribution in [2.75, 3.05) is 6.54 Å². The van der Waals surface area contributed by atoms with E-state index in [0.29, 0.717) is 0 Å². The van der Waals surface area contributed by atoms with Crippen molar-refractivity contribution in [3.8, 4) is 0 Å². The zero-order valence-corrected chi connectivity index (χ0v) is 15.4. The molecule has 0 saturated heterocycles. The summed E-state index contributed by atoms with van der Waals surface area (Å²) in [5.41, 5.74) is 5.27. The summed E-state index contributed by atoms with van der Waals surface area (Å²) in [7, 11) is 0. The van der Waals surface area contributed by atoms with Gasteiger partial charge in [0.25, 0.3) is 0 Å². The maximum Gasteiger partial charge on any atom is 0.0502 e. The van der Waals surface area contributed by atoms with Gasteiger partial charge in [-0.15, -0.1) is 6.58 Å². The molecule has 2 aromatic carbocycles. The Kier molecular flexibility index (Phi) is 5.71.